The molecule has 1 unspecified atom stereocenters. The zero-order valence-electron chi connectivity index (χ0n) is 11.3. The van der Waals surface area contributed by atoms with Gasteiger partial charge in [0, 0.05) is 30.4 Å². The summed E-state index contributed by atoms with van der Waals surface area (Å²) in [6.07, 6.45) is 0. The van der Waals surface area contributed by atoms with Crippen LogP contribution in [0.3, 0.4) is 0 Å². The van der Waals surface area contributed by atoms with Gasteiger partial charge in [0.25, 0.3) is 0 Å². The maximum absolute atomic E-state index is 12.0. The van der Waals surface area contributed by atoms with Crippen LogP contribution >= 0.6 is 0 Å². The van der Waals surface area contributed by atoms with Crippen molar-refractivity contribution < 1.29 is 0 Å². The molecule has 2 N–H and O–H groups in total. The van der Waals surface area contributed by atoms with E-state index >= 15 is 0 Å². The monoisotopic (exact) mass is 257 g/mol. The molecule has 0 aliphatic heterocycles. The van der Waals surface area contributed by atoms with E-state index < -0.39 is 0 Å². The van der Waals surface area contributed by atoms with Crippen LogP contribution < -0.4 is 11.4 Å². The normalized spacial score (nSPS) is 12.4. The SMILES string of the molecule is Cc1cc(C)n(CC(CN)c2ccccc2)c(=O)n1. The van der Waals surface area contributed by atoms with Gasteiger partial charge in [-0.3, -0.25) is 4.57 Å². The molecule has 0 saturated carbocycles. The van der Waals surface area contributed by atoms with Crippen molar-refractivity contribution in [1.82, 2.24) is 9.55 Å². The summed E-state index contributed by atoms with van der Waals surface area (Å²) in [6, 6.07) is 11.9. The molecular weight excluding hydrogens is 238 g/mol. The zero-order valence-corrected chi connectivity index (χ0v) is 11.3. The van der Waals surface area contributed by atoms with Crippen molar-refractivity contribution in [3.63, 3.8) is 0 Å². The largest absolute Gasteiger partial charge is 0.347 e. The molecule has 0 aliphatic carbocycles. The van der Waals surface area contributed by atoms with Gasteiger partial charge in [-0.25, -0.2) is 4.79 Å². The smallest absolute Gasteiger partial charge is 0.330 e. The number of rotatable bonds is 4. The number of hydrogen-bond acceptors (Lipinski definition) is 3. The first-order chi connectivity index (χ1) is 9.11. The Morgan fingerprint density at radius 3 is 2.53 bits per heavy atom. The van der Waals surface area contributed by atoms with E-state index in [1.54, 1.807) is 4.57 Å². The van der Waals surface area contributed by atoms with Gasteiger partial charge in [-0.05, 0) is 25.5 Å². The highest BCUT2D eigenvalue weighted by Crippen LogP contribution is 2.16. The molecule has 19 heavy (non-hydrogen) atoms. The number of aryl methyl sites for hydroxylation is 2. The maximum Gasteiger partial charge on any atom is 0.347 e. The van der Waals surface area contributed by atoms with E-state index in [-0.39, 0.29) is 11.6 Å². The van der Waals surface area contributed by atoms with Crippen LogP contribution in [0.15, 0.2) is 41.2 Å². The molecule has 0 aliphatic rings. The summed E-state index contributed by atoms with van der Waals surface area (Å²) in [7, 11) is 0. The van der Waals surface area contributed by atoms with Gasteiger partial charge in [0.15, 0.2) is 0 Å². The quantitative estimate of drug-likeness (QED) is 0.905. The Balaban J connectivity index is 2.32. The van der Waals surface area contributed by atoms with Gasteiger partial charge >= 0.3 is 5.69 Å². The van der Waals surface area contributed by atoms with Crippen LogP contribution in [-0.2, 0) is 6.54 Å². The number of nitrogens with zero attached hydrogens (tertiary/aromatic N) is 2. The van der Waals surface area contributed by atoms with Crippen LogP contribution in [0.5, 0.6) is 0 Å². The average Bonchev–Trinajstić information content (AvgIpc) is 2.39. The van der Waals surface area contributed by atoms with Crippen molar-refractivity contribution in [2.45, 2.75) is 26.3 Å². The Morgan fingerprint density at radius 1 is 1.26 bits per heavy atom. The van der Waals surface area contributed by atoms with E-state index in [9.17, 15) is 4.79 Å². The Kier molecular flexibility index (Phi) is 4.12. The highest BCUT2D eigenvalue weighted by molar-refractivity contribution is 5.20. The van der Waals surface area contributed by atoms with Gasteiger partial charge in [0.2, 0.25) is 0 Å². The molecule has 0 amide bonds. The molecule has 4 heteroatoms. The van der Waals surface area contributed by atoms with Gasteiger partial charge in [0.05, 0.1) is 0 Å². The molecule has 0 fully saturated rings. The molecule has 2 aromatic rings. The standard InChI is InChI=1S/C15H19N3O/c1-11-8-12(2)18(15(19)17-11)10-14(9-16)13-6-4-3-5-7-13/h3-8,14H,9-10,16H2,1-2H3. The lowest BCUT2D eigenvalue weighted by Crippen LogP contribution is -2.30. The lowest BCUT2D eigenvalue weighted by molar-refractivity contribution is 0.531. The third kappa shape index (κ3) is 3.09. The maximum atomic E-state index is 12.0. The summed E-state index contributed by atoms with van der Waals surface area (Å²) >= 11 is 0. The molecule has 0 bridgehead atoms. The third-order valence-corrected chi connectivity index (χ3v) is 3.30. The van der Waals surface area contributed by atoms with Crippen LogP contribution in [0.4, 0.5) is 0 Å². The van der Waals surface area contributed by atoms with Crippen LogP contribution in [0.2, 0.25) is 0 Å². The Bertz CT molecular complexity index is 605. The van der Waals surface area contributed by atoms with Gasteiger partial charge in [-0.2, -0.15) is 4.98 Å². The zero-order chi connectivity index (χ0) is 13.8. The number of nitrogens with two attached hydrogens (primary N) is 1. The first kappa shape index (κ1) is 13.5. The molecule has 0 saturated heterocycles. The minimum Gasteiger partial charge on any atom is -0.330 e. The number of hydrogen-bond donors (Lipinski definition) is 1. The molecule has 1 aromatic heterocycles. The van der Waals surface area contributed by atoms with Crippen molar-refractivity contribution in [1.29, 1.82) is 0 Å². The Hall–Kier alpha value is -1.94. The molecule has 4 nitrogen and oxygen atoms in total. The van der Waals surface area contributed by atoms with E-state index in [0.29, 0.717) is 13.1 Å². The van der Waals surface area contributed by atoms with E-state index in [0.717, 1.165) is 17.0 Å². The van der Waals surface area contributed by atoms with Gasteiger partial charge < -0.3 is 5.73 Å². The molecule has 1 heterocycles. The summed E-state index contributed by atoms with van der Waals surface area (Å²) in [4.78, 5) is 15.9. The average molecular weight is 257 g/mol. The van der Waals surface area contributed by atoms with Crippen molar-refractivity contribution in [3.8, 4) is 0 Å². The molecule has 0 spiro atoms. The molecule has 1 aromatic carbocycles. The molecular formula is C15H19N3O. The summed E-state index contributed by atoms with van der Waals surface area (Å²) in [6.45, 7) is 4.83. The van der Waals surface area contributed by atoms with Crippen molar-refractivity contribution in [3.05, 3.63) is 63.8 Å². The predicted molar refractivity (Wildman–Crippen MR) is 76.2 cm³/mol. The summed E-state index contributed by atoms with van der Waals surface area (Å²) in [5.41, 5.74) is 8.47. The number of benzene rings is 1. The Morgan fingerprint density at radius 2 is 1.95 bits per heavy atom. The fraction of sp³-hybridized carbons (Fsp3) is 0.333. The summed E-state index contributed by atoms with van der Waals surface area (Å²) < 4.78 is 1.69. The molecule has 1 atom stereocenters. The van der Waals surface area contributed by atoms with Crippen LogP contribution in [0, 0.1) is 13.8 Å². The van der Waals surface area contributed by atoms with E-state index in [4.69, 9.17) is 5.73 Å². The first-order valence-electron chi connectivity index (χ1n) is 6.42. The highest BCUT2D eigenvalue weighted by Gasteiger charge is 2.13. The van der Waals surface area contributed by atoms with E-state index in [1.807, 2.05) is 50.2 Å². The summed E-state index contributed by atoms with van der Waals surface area (Å²) in [5, 5.41) is 0. The summed E-state index contributed by atoms with van der Waals surface area (Å²) in [5.74, 6) is 0.127. The van der Waals surface area contributed by atoms with Crippen LogP contribution in [-0.4, -0.2) is 16.1 Å². The second-order valence-corrected chi connectivity index (χ2v) is 4.78. The second-order valence-electron chi connectivity index (χ2n) is 4.78. The number of aromatic nitrogens is 2. The van der Waals surface area contributed by atoms with E-state index in [1.165, 1.54) is 0 Å². The van der Waals surface area contributed by atoms with E-state index in [2.05, 4.69) is 4.98 Å². The van der Waals surface area contributed by atoms with Gasteiger partial charge in [0.1, 0.15) is 0 Å². The molecule has 0 radical (unpaired) electrons. The van der Waals surface area contributed by atoms with Crippen molar-refractivity contribution in [2.24, 2.45) is 5.73 Å². The first-order valence-corrected chi connectivity index (χ1v) is 6.42. The molecule has 2 rings (SSSR count). The van der Waals surface area contributed by atoms with Crippen molar-refractivity contribution in [2.75, 3.05) is 6.54 Å². The minimum atomic E-state index is -0.202. The fourth-order valence-corrected chi connectivity index (χ4v) is 2.26. The minimum absolute atomic E-state index is 0.127. The van der Waals surface area contributed by atoms with Gasteiger partial charge in [-0.1, -0.05) is 30.3 Å². The fourth-order valence-electron chi connectivity index (χ4n) is 2.26. The topological polar surface area (TPSA) is 60.9 Å². The Labute approximate surface area is 112 Å². The highest BCUT2D eigenvalue weighted by atomic mass is 16.1. The second kappa shape index (κ2) is 5.80. The molecule has 100 valence electrons. The lowest BCUT2D eigenvalue weighted by atomic mass is 9.99. The van der Waals surface area contributed by atoms with Crippen molar-refractivity contribution >= 4 is 0 Å². The van der Waals surface area contributed by atoms with Crippen LogP contribution in [0.25, 0.3) is 0 Å². The lowest BCUT2D eigenvalue weighted by Gasteiger charge is -2.18. The third-order valence-electron chi connectivity index (χ3n) is 3.30. The van der Waals surface area contributed by atoms with Crippen LogP contribution in [0.1, 0.15) is 22.9 Å². The van der Waals surface area contributed by atoms with Gasteiger partial charge in [-0.15, -0.1) is 0 Å². The predicted octanol–water partition coefficient (Wildman–Crippen LogP) is 1.60.